The molecule has 174 valence electrons. The molecule has 1 heterocycles. The highest BCUT2D eigenvalue weighted by Crippen LogP contribution is 2.34. The van der Waals surface area contributed by atoms with Crippen LogP contribution in [-0.2, 0) is 13.6 Å². The van der Waals surface area contributed by atoms with Crippen molar-refractivity contribution in [1.82, 2.24) is 15.1 Å². The molecule has 0 aliphatic heterocycles. The van der Waals surface area contributed by atoms with Crippen LogP contribution in [-0.4, -0.2) is 20.8 Å². The number of nitrogens with one attached hydrogen (secondary N) is 1. The van der Waals surface area contributed by atoms with Crippen molar-refractivity contribution in [1.29, 1.82) is 0 Å². The molecule has 0 radical (unpaired) electrons. The molecule has 34 heavy (non-hydrogen) atoms. The zero-order chi connectivity index (χ0) is 24.4. The molecule has 0 saturated heterocycles. The summed E-state index contributed by atoms with van der Waals surface area (Å²) in [5, 5.41) is 17.5. The normalized spacial score (nSPS) is 11.9. The van der Waals surface area contributed by atoms with Crippen molar-refractivity contribution >= 4 is 17.5 Å². The summed E-state index contributed by atoms with van der Waals surface area (Å²) in [6, 6.07) is 16.7. The number of aryl methyl sites for hydroxylation is 2. The van der Waals surface area contributed by atoms with Gasteiger partial charge in [0.25, 0.3) is 5.91 Å². The molecule has 1 aromatic heterocycles. The van der Waals surface area contributed by atoms with Gasteiger partial charge >= 0.3 is 0 Å². The monoisotopic (exact) mass is 474 g/mol. The summed E-state index contributed by atoms with van der Waals surface area (Å²) in [7, 11) is 1.87. The maximum Gasteiger partial charge on any atom is 0.252 e. The quantitative estimate of drug-likeness (QED) is 0.350. The third kappa shape index (κ3) is 4.98. The van der Waals surface area contributed by atoms with Crippen molar-refractivity contribution in [3.05, 3.63) is 94.3 Å². The molecule has 3 aromatic carbocycles. The Labute approximate surface area is 204 Å². The Balaban J connectivity index is 1.72. The Morgan fingerprint density at radius 1 is 1.09 bits per heavy atom. The molecular weight excluding hydrogens is 448 g/mol. The molecular formula is C27H27ClN4O2. The van der Waals surface area contributed by atoms with E-state index in [2.05, 4.69) is 16.5 Å². The number of carbonyl (C=O) groups is 1. The lowest BCUT2D eigenvalue weighted by Crippen LogP contribution is -2.27. The molecule has 1 atom stereocenters. The highest BCUT2D eigenvalue weighted by Gasteiger charge is 2.17. The van der Waals surface area contributed by atoms with E-state index >= 15 is 0 Å². The van der Waals surface area contributed by atoms with Crippen LogP contribution in [0, 0.1) is 6.92 Å². The Hall–Kier alpha value is -3.61. The fraction of sp³-hybridized carbons (Fsp3) is 0.185. The van der Waals surface area contributed by atoms with Gasteiger partial charge < -0.3 is 16.2 Å². The van der Waals surface area contributed by atoms with Crippen LogP contribution in [0.25, 0.3) is 22.3 Å². The van der Waals surface area contributed by atoms with Crippen LogP contribution in [0.4, 0.5) is 0 Å². The molecule has 0 aliphatic carbocycles. The number of amides is 1. The summed E-state index contributed by atoms with van der Waals surface area (Å²) in [6.45, 7) is 4.24. The largest absolute Gasteiger partial charge is 0.506 e. The second-order valence-corrected chi connectivity index (χ2v) is 8.87. The minimum absolute atomic E-state index is 0.0322. The minimum atomic E-state index is -0.267. The zero-order valence-corrected chi connectivity index (χ0v) is 20.1. The minimum Gasteiger partial charge on any atom is -0.506 e. The molecule has 0 saturated carbocycles. The van der Waals surface area contributed by atoms with E-state index in [-0.39, 0.29) is 22.7 Å². The summed E-state index contributed by atoms with van der Waals surface area (Å²) in [5.74, 6) is -0.119. The maximum atomic E-state index is 13.1. The first kappa shape index (κ1) is 23.5. The smallest absolute Gasteiger partial charge is 0.252 e. The van der Waals surface area contributed by atoms with Crippen molar-refractivity contribution < 1.29 is 9.90 Å². The van der Waals surface area contributed by atoms with Gasteiger partial charge in [-0.1, -0.05) is 29.8 Å². The Morgan fingerprint density at radius 3 is 2.47 bits per heavy atom. The van der Waals surface area contributed by atoms with Crippen molar-refractivity contribution in [2.45, 2.75) is 26.4 Å². The average Bonchev–Trinajstić information content (AvgIpc) is 3.27. The van der Waals surface area contributed by atoms with Gasteiger partial charge in [-0.25, -0.2) is 0 Å². The van der Waals surface area contributed by atoms with Gasteiger partial charge in [0.15, 0.2) is 0 Å². The van der Waals surface area contributed by atoms with E-state index in [4.69, 9.17) is 17.3 Å². The van der Waals surface area contributed by atoms with Crippen LogP contribution in [0.5, 0.6) is 5.75 Å². The fourth-order valence-corrected chi connectivity index (χ4v) is 4.07. The number of benzene rings is 3. The molecule has 4 rings (SSSR count). The number of carbonyl (C=O) groups excluding carboxylic acids is 1. The zero-order valence-electron chi connectivity index (χ0n) is 19.3. The first-order chi connectivity index (χ1) is 16.2. The SMILES string of the molecule is Cc1ccc(CN)cc1C(=O)NC(C)c1cc(-c2ccc(O)c(Cl)c2)cc(-c2cnn(C)c2)c1. The van der Waals surface area contributed by atoms with Crippen LogP contribution in [0.3, 0.4) is 0 Å². The maximum absolute atomic E-state index is 13.1. The molecule has 0 bridgehead atoms. The Morgan fingerprint density at radius 2 is 1.82 bits per heavy atom. The molecule has 0 spiro atoms. The van der Waals surface area contributed by atoms with Crippen LogP contribution < -0.4 is 11.1 Å². The van der Waals surface area contributed by atoms with E-state index in [9.17, 15) is 9.90 Å². The van der Waals surface area contributed by atoms with Gasteiger partial charge in [0.2, 0.25) is 0 Å². The lowest BCUT2D eigenvalue weighted by atomic mass is 9.94. The molecule has 4 N–H and O–H groups in total. The van der Waals surface area contributed by atoms with Crippen molar-refractivity contribution in [3.63, 3.8) is 0 Å². The lowest BCUT2D eigenvalue weighted by molar-refractivity contribution is 0.0939. The van der Waals surface area contributed by atoms with Gasteiger partial charge in [0.05, 0.1) is 17.3 Å². The molecule has 0 fully saturated rings. The molecule has 4 aromatic rings. The number of nitrogens with zero attached hydrogens (tertiary/aromatic N) is 2. The van der Waals surface area contributed by atoms with Crippen LogP contribution in [0.1, 0.15) is 40.0 Å². The Bertz CT molecular complexity index is 1360. The number of phenolic OH excluding ortho intramolecular Hbond substituents is 1. The standard InChI is InChI=1S/C27H27ClN4O2/c1-16-4-5-18(13-29)8-24(16)27(34)31-17(2)20-9-21(19-6-7-26(33)25(28)12-19)11-22(10-20)23-14-30-32(3)15-23/h4-12,14-15,17,33H,13,29H2,1-3H3,(H,31,34). The fourth-order valence-electron chi connectivity index (χ4n) is 3.89. The summed E-state index contributed by atoms with van der Waals surface area (Å²) < 4.78 is 1.75. The van der Waals surface area contributed by atoms with Crippen LogP contribution >= 0.6 is 11.6 Å². The predicted octanol–water partition coefficient (Wildman–Crippen LogP) is 5.37. The number of rotatable bonds is 6. The highest BCUT2D eigenvalue weighted by atomic mass is 35.5. The van der Waals surface area contributed by atoms with Crippen LogP contribution in [0.2, 0.25) is 5.02 Å². The second-order valence-electron chi connectivity index (χ2n) is 8.46. The van der Waals surface area contributed by atoms with Crippen LogP contribution in [0.15, 0.2) is 67.0 Å². The summed E-state index contributed by atoms with van der Waals surface area (Å²) in [6.07, 6.45) is 3.75. The number of nitrogens with two attached hydrogens (primary N) is 1. The van der Waals surface area contributed by atoms with Crippen molar-refractivity contribution in [2.24, 2.45) is 12.8 Å². The third-order valence-electron chi connectivity index (χ3n) is 5.90. The molecule has 1 amide bonds. The highest BCUT2D eigenvalue weighted by molar-refractivity contribution is 6.32. The average molecular weight is 475 g/mol. The van der Waals surface area contributed by atoms with Gasteiger partial charge in [-0.15, -0.1) is 0 Å². The van der Waals surface area contributed by atoms with Gasteiger partial charge in [-0.3, -0.25) is 9.48 Å². The molecule has 1 unspecified atom stereocenters. The van der Waals surface area contributed by atoms with Gasteiger partial charge in [-0.05, 0) is 83.6 Å². The third-order valence-corrected chi connectivity index (χ3v) is 6.21. The van der Waals surface area contributed by atoms with Crippen molar-refractivity contribution in [2.75, 3.05) is 0 Å². The van der Waals surface area contributed by atoms with Crippen molar-refractivity contribution in [3.8, 4) is 28.0 Å². The topological polar surface area (TPSA) is 93.2 Å². The van der Waals surface area contributed by atoms with E-state index in [0.29, 0.717) is 12.1 Å². The van der Waals surface area contributed by atoms with E-state index in [1.165, 1.54) is 0 Å². The number of hydrogen-bond acceptors (Lipinski definition) is 4. The molecule has 7 heteroatoms. The summed E-state index contributed by atoms with van der Waals surface area (Å²) in [5.41, 5.74) is 12.8. The van der Waals surface area contributed by atoms with Gasteiger partial charge in [-0.2, -0.15) is 5.10 Å². The second kappa shape index (κ2) is 9.71. The molecule has 0 aliphatic rings. The van der Waals surface area contributed by atoms with E-state index in [0.717, 1.165) is 38.9 Å². The number of hydrogen-bond donors (Lipinski definition) is 3. The van der Waals surface area contributed by atoms with Gasteiger partial charge in [0.1, 0.15) is 5.75 Å². The van der Waals surface area contributed by atoms with E-state index in [1.54, 1.807) is 23.0 Å². The van der Waals surface area contributed by atoms with E-state index in [1.807, 2.05) is 63.5 Å². The first-order valence-electron chi connectivity index (χ1n) is 11.0. The summed E-state index contributed by atoms with van der Waals surface area (Å²) in [4.78, 5) is 13.1. The first-order valence-corrected chi connectivity index (χ1v) is 11.4. The summed E-state index contributed by atoms with van der Waals surface area (Å²) >= 11 is 6.17. The van der Waals surface area contributed by atoms with E-state index < -0.39 is 0 Å². The molecule has 6 nitrogen and oxygen atoms in total. The van der Waals surface area contributed by atoms with Gasteiger partial charge in [0, 0.05) is 30.9 Å². The Kier molecular flexibility index (Phi) is 6.72. The number of aromatic nitrogens is 2. The number of aromatic hydroxyl groups is 1. The predicted molar refractivity (Wildman–Crippen MR) is 136 cm³/mol. The number of halogens is 1. The number of phenols is 1. The lowest BCUT2D eigenvalue weighted by Gasteiger charge is -2.18.